The fraction of sp³-hybridized carbons (Fsp3) is 0. The molecular weight excluding hydrogens is 203 g/mol. The maximum atomic E-state index is 10.7. The highest BCUT2D eigenvalue weighted by molar-refractivity contribution is 7.80. The summed E-state index contributed by atoms with van der Waals surface area (Å²) in [6.07, 6.45) is 3.71. The Kier molecular flexibility index (Phi) is 3.05. The zero-order valence-electron chi connectivity index (χ0n) is 5.69. The molecule has 0 spiro atoms. The Labute approximate surface area is 73.8 Å². The van der Waals surface area contributed by atoms with E-state index < -0.39 is 7.82 Å². The average Bonchev–Trinajstić information content (AvgIpc) is 2.06. The molecule has 1 atom stereocenters. The second-order valence-electron chi connectivity index (χ2n) is 1.72. The van der Waals surface area contributed by atoms with E-state index in [1.54, 1.807) is 0 Å². The molecule has 1 aromatic heterocycles. The van der Waals surface area contributed by atoms with E-state index in [0.29, 0.717) is 0 Å². The van der Waals surface area contributed by atoms with E-state index in [2.05, 4.69) is 31.4 Å². The van der Waals surface area contributed by atoms with E-state index in [9.17, 15) is 4.57 Å². The van der Waals surface area contributed by atoms with Crippen LogP contribution in [-0.4, -0.2) is 14.9 Å². The van der Waals surface area contributed by atoms with Crippen molar-refractivity contribution in [3.05, 3.63) is 18.7 Å². The van der Waals surface area contributed by atoms with Crippen molar-refractivity contribution in [3.63, 3.8) is 0 Å². The van der Waals surface area contributed by atoms with Crippen LogP contribution in [0.4, 0.5) is 0 Å². The van der Waals surface area contributed by atoms with Gasteiger partial charge in [-0.2, -0.15) is 0 Å². The van der Waals surface area contributed by atoms with E-state index in [0.717, 1.165) is 0 Å². The summed E-state index contributed by atoms with van der Waals surface area (Å²) in [6, 6.07) is 0. The van der Waals surface area contributed by atoms with E-state index in [4.69, 9.17) is 4.89 Å². The summed E-state index contributed by atoms with van der Waals surface area (Å²) < 4.78 is 19.0. The number of nitrogens with zero attached hydrogens (tertiary/aromatic N) is 2. The highest BCUT2D eigenvalue weighted by atomic mass is 32.1. The number of thiol groups is 1. The van der Waals surface area contributed by atoms with Crippen LogP contribution >= 0.6 is 20.7 Å². The molecular formula is C4H5N2O4PS. The van der Waals surface area contributed by atoms with Gasteiger partial charge in [0.05, 0.1) is 12.4 Å². The molecule has 66 valence electrons. The second-order valence-corrected chi connectivity index (χ2v) is 3.49. The molecule has 1 heterocycles. The lowest BCUT2D eigenvalue weighted by Gasteiger charge is -2.07. The summed E-state index contributed by atoms with van der Waals surface area (Å²) in [6.45, 7) is 0. The summed E-state index contributed by atoms with van der Waals surface area (Å²) >= 11 is 3.15. The van der Waals surface area contributed by atoms with Crippen molar-refractivity contribution < 1.29 is 18.0 Å². The van der Waals surface area contributed by atoms with Gasteiger partial charge < -0.3 is 4.52 Å². The SMILES string of the molecule is O=P(O)(OS)Oc1cncnc1. The molecule has 0 aliphatic rings. The van der Waals surface area contributed by atoms with Gasteiger partial charge in [-0.05, 0) is 12.9 Å². The van der Waals surface area contributed by atoms with Gasteiger partial charge in [0.25, 0.3) is 0 Å². The summed E-state index contributed by atoms with van der Waals surface area (Å²) in [5.74, 6) is 0.0392. The normalized spacial score (nSPS) is 15.2. The number of hydrogen-bond donors (Lipinski definition) is 2. The van der Waals surface area contributed by atoms with Crippen molar-refractivity contribution >= 4 is 20.7 Å². The van der Waals surface area contributed by atoms with E-state index in [1.807, 2.05) is 0 Å². The molecule has 1 unspecified atom stereocenters. The largest absolute Gasteiger partial charge is 0.538 e. The first-order chi connectivity index (χ1) is 5.64. The molecule has 0 aromatic carbocycles. The molecule has 0 fully saturated rings. The van der Waals surface area contributed by atoms with Crippen LogP contribution in [0.1, 0.15) is 0 Å². The van der Waals surface area contributed by atoms with Crippen LogP contribution in [0.25, 0.3) is 0 Å². The van der Waals surface area contributed by atoms with Crippen molar-refractivity contribution in [1.29, 1.82) is 0 Å². The van der Waals surface area contributed by atoms with Gasteiger partial charge in [-0.3, -0.25) is 4.89 Å². The van der Waals surface area contributed by atoms with Crippen LogP contribution in [0.15, 0.2) is 18.7 Å². The van der Waals surface area contributed by atoms with Crippen molar-refractivity contribution in [2.24, 2.45) is 0 Å². The topological polar surface area (TPSA) is 81.5 Å². The van der Waals surface area contributed by atoms with Gasteiger partial charge in [0.15, 0.2) is 5.75 Å². The van der Waals surface area contributed by atoms with Crippen LogP contribution in [0.5, 0.6) is 5.75 Å². The summed E-state index contributed by atoms with van der Waals surface area (Å²) in [5, 5.41) is 0. The number of hydrogen-bond acceptors (Lipinski definition) is 6. The van der Waals surface area contributed by atoms with Crippen molar-refractivity contribution in [3.8, 4) is 5.75 Å². The van der Waals surface area contributed by atoms with Gasteiger partial charge in [-0.15, -0.1) is 0 Å². The molecule has 6 nitrogen and oxygen atoms in total. The quantitative estimate of drug-likeness (QED) is 0.434. The Morgan fingerprint density at radius 1 is 1.50 bits per heavy atom. The number of phosphoric ester groups is 1. The Hall–Kier alpha value is -0.620. The van der Waals surface area contributed by atoms with E-state index >= 15 is 0 Å². The van der Waals surface area contributed by atoms with Crippen LogP contribution in [0.3, 0.4) is 0 Å². The molecule has 12 heavy (non-hydrogen) atoms. The minimum Gasteiger partial charge on any atom is -0.400 e. The van der Waals surface area contributed by atoms with Gasteiger partial charge in [0.2, 0.25) is 0 Å². The predicted octanol–water partition coefficient (Wildman–Crippen LogP) is 0.817. The van der Waals surface area contributed by atoms with Crippen molar-refractivity contribution in [1.82, 2.24) is 9.97 Å². The van der Waals surface area contributed by atoms with Crippen LogP contribution in [0.2, 0.25) is 0 Å². The monoisotopic (exact) mass is 208 g/mol. The molecule has 0 saturated carbocycles. The summed E-state index contributed by atoms with van der Waals surface area (Å²) in [4.78, 5) is 15.9. The molecule has 8 heteroatoms. The zero-order valence-corrected chi connectivity index (χ0v) is 7.48. The predicted molar refractivity (Wildman–Crippen MR) is 42.6 cm³/mol. The number of aromatic nitrogens is 2. The molecule has 0 aliphatic carbocycles. The van der Waals surface area contributed by atoms with Gasteiger partial charge >= 0.3 is 7.82 Å². The summed E-state index contributed by atoms with van der Waals surface area (Å²) in [5.41, 5.74) is 0. The average molecular weight is 208 g/mol. The fourth-order valence-corrected chi connectivity index (χ4v) is 0.976. The van der Waals surface area contributed by atoms with E-state index in [-0.39, 0.29) is 5.75 Å². The second kappa shape index (κ2) is 3.86. The van der Waals surface area contributed by atoms with Crippen LogP contribution < -0.4 is 4.52 Å². The van der Waals surface area contributed by atoms with Crippen molar-refractivity contribution in [2.45, 2.75) is 0 Å². The molecule has 0 amide bonds. The highest BCUT2D eigenvalue weighted by Gasteiger charge is 2.21. The minimum atomic E-state index is -4.11. The van der Waals surface area contributed by atoms with Gasteiger partial charge in [-0.1, -0.05) is 0 Å². The Bertz CT molecular complexity index is 294. The maximum absolute atomic E-state index is 10.7. The third kappa shape index (κ3) is 2.78. The first kappa shape index (κ1) is 9.47. The van der Waals surface area contributed by atoms with Gasteiger partial charge in [-0.25, -0.2) is 18.5 Å². The Morgan fingerprint density at radius 2 is 2.08 bits per heavy atom. The lowest BCUT2D eigenvalue weighted by atomic mass is 10.6. The van der Waals surface area contributed by atoms with Crippen LogP contribution in [-0.2, 0) is 8.54 Å². The smallest absolute Gasteiger partial charge is 0.400 e. The molecule has 0 aliphatic heterocycles. The third-order valence-electron chi connectivity index (χ3n) is 0.861. The van der Waals surface area contributed by atoms with Crippen LogP contribution in [0, 0.1) is 0 Å². The number of phosphoric acid groups is 1. The Morgan fingerprint density at radius 3 is 2.58 bits per heavy atom. The zero-order chi connectivity index (χ0) is 9.03. The lowest BCUT2D eigenvalue weighted by Crippen LogP contribution is -1.92. The van der Waals surface area contributed by atoms with E-state index in [1.165, 1.54) is 18.7 Å². The van der Waals surface area contributed by atoms with Gasteiger partial charge in [0.1, 0.15) is 6.33 Å². The van der Waals surface area contributed by atoms with Gasteiger partial charge in [0, 0.05) is 0 Å². The van der Waals surface area contributed by atoms with Crippen molar-refractivity contribution in [2.75, 3.05) is 0 Å². The number of rotatable bonds is 3. The standard InChI is InChI=1S/C4H5N2O4PS/c7-11(8,10-12)9-4-1-5-3-6-2-4/h1-3,12H,(H,7,8). The Balaban J connectivity index is 2.71. The molecule has 1 aromatic rings. The lowest BCUT2D eigenvalue weighted by molar-refractivity contribution is 0.307. The molecule has 1 N–H and O–H groups in total. The fourth-order valence-electron chi connectivity index (χ4n) is 0.482. The highest BCUT2D eigenvalue weighted by Crippen LogP contribution is 2.44. The first-order valence-electron chi connectivity index (χ1n) is 2.74. The summed E-state index contributed by atoms with van der Waals surface area (Å²) in [7, 11) is -4.11. The maximum Gasteiger partial charge on any atom is 0.538 e. The molecule has 0 bridgehead atoms. The molecule has 0 saturated heterocycles. The minimum absolute atomic E-state index is 0.0392. The first-order valence-corrected chi connectivity index (χ1v) is 4.61. The third-order valence-corrected chi connectivity index (χ3v) is 2.13. The molecule has 0 radical (unpaired) electrons. The molecule has 1 rings (SSSR count).